The van der Waals surface area contributed by atoms with Gasteiger partial charge in [-0.1, -0.05) is 6.07 Å². The van der Waals surface area contributed by atoms with Crippen LogP contribution in [-0.2, 0) is 14.6 Å². The van der Waals surface area contributed by atoms with Crippen molar-refractivity contribution in [2.75, 3.05) is 25.2 Å². The number of pyridine rings is 1. The monoisotopic (exact) mass is 494 g/mol. The van der Waals surface area contributed by atoms with Gasteiger partial charge < -0.3 is 16.0 Å². The number of amides is 2. The Kier molecular flexibility index (Phi) is 7.99. The number of hydrogen-bond acceptors (Lipinski definition) is 6. The van der Waals surface area contributed by atoms with Crippen LogP contribution in [-0.4, -0.2) is 50.0 Å². The van der Waals surface area contributed by atoms with Crippen LogP contribution < -0.4 is 11.1 Å². The minimum Gasteiger partial charge on any atom is -0.365 e. The van der Waals surface area contributed by atoms with Crippen molar-refractivity contribution in [3.63, 3.8) is 0 Å². The number of carbonyl (C=O) groups is 2. The van der Waals surface area contributed by atoms with Crippen LogP contribution in [0.3, 0.4) is 0 Å². The fraction of sp³-hybridized carbons (Fsp3) is 0.227. The van der Waals surface area contributed by atoms with E-state index in [-0.39, 0.29) is 46.6 Å². The van der Waals surface area contributed by atoms with Crippen molar-refractivity contribution in [1.82, 2.24) is 9.88 Å². The van der Waals surface area contributed by atoms with Gasteiger partial charge in [0, 0.05) is 37.8 Å². The van der Waals surface area contributed by atoms with E-state index < -0.39 is 21.6 Å². The van der Waals surface area contributed by atoms with E-state index in [4.69, 9.17) is 5.73 Å². The SMILES string of the molecule is Cc1cc(S(=O)(=O)CCC(=O)N(C)C)cc2c(Nc3cccc(F)c3)c(C(N)=O)cnc12.Cl. The number of anilines is 2. The molecule has 0 bridgehead atoms. The maximum Gasteiger partial charge on any atom is 0.252 e. The minimum absolute atomic E-state index is 0. The summed E-state index contributed by atoms with van der Waals surface area (Å²) in [6, 6.07) is 8.46. The normalized spacial score (nSPS) is 11.0. The smallest absolute Gasteiger partial charge is 0.252 e. The van der Waals surface area contributed by atoms with Gasteiger partial charge in [0.1, 0.15) is 5.82 Å². The first-order valence-corrected chi connectivity index (χ1v) is 11.3. The number of nitrogens with one attached hydrogen (secondary N) is 1. The molecule has 176 valence electrons. The number of aromatic nitrogens is 1. The van der Waals surface area contributed by atoms with Gasteiger partial charge in [0.15, 0.2) is 9.84 Å². The molecule has 1 heterocycles. The molecule has 0 unspecified atom stereocenters. The van der Waals surface area contributed by atoms with Crippen LogP contribution >= 0.6 is 12.4 Å². The van der Waals surface area contributed by atoms with Gasteiger partial charge in [-0.25, -0.2) is 12.8 Å². The molecule has 0 atom stereocenters. The van der Waals surface area contributed by atoms with E-state index in [0.717, 1.165) is 0 Å². The highest BCUT2D eigenvalue weighted by molar-refractivity contribution is 7.91. The average molecular weight is 495 g/mol. The van der Waals surface area contributed by atoms with Gasteiger partial charge in [-0.05, 0) is 42.8 Å². The Hall–Kier alpha value is -3.24. The lowest BCUT2D eigenvalue weighted by atomic mass is 10.1. The number of nitrogens with zero attached hydrogens (tertiary/aromatic N) is 2. The first-order chi connectivity index (χ1) is 15.0. The Labute approximate surface area is 197 Å². The summed E-state index contributed by atoms with van der Waals surface area (Å²) in [4.78, 5) is 29.5. The van der Waals surface area contributed by atoms with Gasteiger partial charge >= 0.3 is 0 Å². The number of benzene rings is 2. The van der Waals surface area contributed by atoms with Crippen LogP contribution in [0.4, 0.5) is 15.8 Å². The van der Waals surface area contributed by atoms with Crippen molar-refractivity contribution < 1.29 is 22.4 Å². The Morgan fingerprint density at radius 3 is 2.48 bits per heavy atom. The van der Waals surface area contributed by atoms with E-state index in [1.165, 1.54) is 41.4 Å². The number of nitrogens with two attached hydrogens (primary N) is 1. The molecule has 0 radical (unpaired) electrons. The Bertz CT molecular complexity index is 1330. The van der Waals surface area contributed by atoms with E-state index in [9.17, 15) is 22.4 Å². The topological polar surface area (TPSA) is 122 Å². The van der Waals surface area contributed by atoms with Gasteiger partial charge in [-0.3, -0.25) is 14.6 Å². The summed E-state index contributed by atoms with van der Waals surface area (Å²) in [5, 5.41) is 3.31. The third-order valence-corrected chi connectivity index (χ3v) is 6.63. The number of hydrogen-bond donors (Lipinski definition) is 2. The number of carbonyl (C=O) groups excluding carboxylic acids is 2. The Morgan fingerprint density at radius 1 is 1.18 bits per heavy atom. The quantitative estimate of drug-likeness (QED) is 0.520. The first kappa shape index (κ1) is 26.0. The number of fused-ring (bicyclic) bond motifs is 1. The summed E-state index contributed by atoms with van der Waals surface area (Å²) in [7, 11) is -0.707. The molecule has 0 aliphatic heterocycles. The number of primary amides is 1. The molecule has 0 aliphatic rings. The second-order valence-electron chi connectivity index (χ2n) is 7.54. The fourth-order valence-electron chi connectivity index (χ4n) is 3.22. The van der Waals surface area contributed by atoms with Crippen LogP contribution in [0.5, 0.6) is 0 Å². The number of aryl methyl sites for hydroxylation is 1. The second kappa shape index (κ2) is 10.1. The summed E-state index contributed by atoms with van der Waals surface area (Å²) >= 11 is 0. The predicted molar refractivity (Wildman–Crippen MR) is 127 cm³/mol. The number of halogens is 2. The summed E-state index contributed by atoms with van der Waals surface area (Å²) in [5.41, 5.74) is 7.11. The number of rotatable bonds is 7. The van der Waals surface area contributed by atoms with Gasteiger partial charge in [0.05, 0.1) is 27.4 Å². The lowest BCUT2D eigenvalue weighted by Crippen LogP contribution is -2.24. The summed E-state index contributed by atoms with van der Waals surface area (Å²) < 4.78 is 39.6. The highest BCUT2D eigenvalue weighted by Gasteiger charge is 2.22. The van der Waals surface area contributed by atoms with Gasteiger partial charge in [-0.2, -0.15) is 0 Å². The minimum atomic E-state index is -3.81. The largest absolute Gasteiger partial charge is 0.365 e. The van der Waals surface area contributed by atoms with Crippen molar-refractivity contribution >= 4 is 56.3 Å². The van der Waals surface area contributed by atoms with Gasteiger partial charge in [0.2, 0.25) is 5.91 Å². The highest BCUT2D eigenvalue weighted by atomic mass is 35.5. The van der Waals surface area contributed by atoms with Gasteiger partial charge in [0.25, 0.3) is 5.91 Å². The van der Waals surface area contributed by atoms with Gasteiger partial charge in [-0.15, -0.1) is 12.4 Å². The fourth-order valence-corrected chi connectivity index (χ4v) is 4.55. The van der Waals surface area contributed by atoms with E-state index >= 15 is 0 Å². The maximum absolute atomic E-state index is 13.7. The highest BCUT2D eigenvalue weighted by Crippen LogP contribution is 2.33. The van der Waals surface area contributed by atoms with E-state index in [1.54, 1.807) is 27.1 Å². The van der Waals surface area contributed by atoms with Crippen molar-refractivity contribution in [3.05, 3.63) is 59.5 Å². The van der Waals surface area contributed by atoms with E-state index in [0.29, 0.717) is 22.2 Å². The van der Waals surface area contributed by atoms with Crippen LogP contribution in [0.1, 0.15) is 22.3 Å². The third kappa shape index (κ3) is 5.77. The molecule has 0 saturated heterocycles. The zero-order valence-electron chi connectivity index (χ0n) is 18.3. The van der Waals surface area contributed by atoms with Crippen molar-refractivity contribution in [2.24, 2.45) is 5.73 Å². The summed E-state index contributed by atoms with van der Waals surface area (Å²) in [6.07, 6.45) is 1.13. The lowest BCUT2D eigenvalue weighted by Gasteiger charge is -2.16. The standard InChI is InChI=1S/C22H23FN4O4S.ClH/c1-13-9-16(32(30,31)8-7-19(28)27(2)3)11-17-20(13)25-12-18(22(24)29)21(17)26-15-6-4-5-14(23)10-15;/h4-6,9-12H,7-8H2,1-3H3,(H2,24,29)(H,25,26);1H. The third-order valence-electron chi connectivity index (χ3n) is 4.94. The Balaban J connectivity index is 0.00000385. The molecule has 8 nitrogen and oxygen atoms in total. The molecule has 0 fully saturated rings. The second-order valence-corrected chi connectivity index (χ2v) is 9.65. The molecular weight excluding hydrogens is 471 g/mol. The van der Waals surface area contributed by atoms with Crippen molar-refractivity contribution in [2.45, 2.75) is 18.2 Å². The maximum atomic E-state index is 13.7. The molecule has 2 aromatic carbocycles. The molecule has 11 heteroatoms. The molecule has 3 rings (SSSR count). The first-order valence-electron chi connectivity index (χ1n) is 9.68. The molecule has 0 saturated carbocycles. The molecule has 3 aromatic rings. The van der Waals surface area contributed by atoms with Crippen LogP contribution in [0.15, 0.2) is 47.5 Å². The number of sulfone groups is 1. The summed E-state index contributed by atoms with van der Waals surface area (Å²) in [6.45, 7) is 1.69. The predicted octanol–water partition coefficient (Wildman–Crippen LogP) is 3.20. The van der Waals surface area contributed by atoms with Crippen LogP contribution in [0, 0.1) is 12.7 Å². The molecule has 0 spiro atoms. The van der Waals surface area contributed by atoms with Crippen LogP contribution in [0.25, 0.3) is 10.9 Å². The molecule has 2 amide bonds. The molecular formula is C22H24ClFN4O4S. The molecule has 33 heavy (non-hydrogen) atoms. The van der Waals surface area contributed by atoms with Crippen LogP contribution in [0.2, 0.25) is 0 Å². The lowest BCUT2D eigenvalue weighted by molar-refractivity contribution is -0.128. The van der Waals surface area contributed by atoms with Crippen molar-refractivity contribution in [3.8, 4) is 0 Å². The zero-order chi connectivity index (χ0) is 23.6. The van der Waals surface area contributed by atoms with Crippen molar-refractivity contribution in [1.29, 1.82) is 0 Å². The molecule has 0 aliphatic carbocycles. The molecule has 3 N–H and O–H groups in total. The Morgan fingerprint density at radius 2 is 1.88 bits per heavy atom. The van der Waals surface area contributed by atoms with E-state index in [2.05, 4.69) is 10.3 Å². The van der Waals surface area contributed by atoms with E-state index in [1.807, 2.05) is 0 Å². The zero-order valence-corrected chi connectivity index (χ0v) is 19.9. The average Bonchev–Trinajstić information content (AvgIpc) is 2.72. The summed E-state index contributed by atoms with van der Waals surface area (Å²) in [5.74, 6) is -1.94. The molecule has 1 aromatic heterocycles.